The van der Waals surface area contributed by atoms with Gasteiger partial charge in [0.05, 0.1) is 6.10 Å². The van der Waals surface area contributed by atoms with Gasteiger partial charge in [0.15, 0.2) is 0 Å². The summed E-state index contributed by atoms with van der Waals surface area (Å²) < 4.78 is 42.7. The molecule has 1 amide bonds. The lowest BCUT2D eigenvalue weighted by Crippen LogP contribution is -2.49. The Hall–Kier alpha value is -2.23. The molecule has 0 aliphatic heterocycles. The van der Waals surface area contributed by atoms with Crippen LogP contribution in [0.4, 0.5) is 13.2 Å². The monoisotopic (exact) mass is 428 g/mol. The Bertz CT molecular complexity index is 781. The summed E-state index contributed by atoms with van der Waals surface area (Å²) in [6.45, 7) is 2.16. The average Bonchev–Trinajstić information content (AvgIpc) is 2.67. The van der Waals surface area contributed by atoms with Crippen LogP contribution in [0, 0.1) is 0 Å². The Kier molecular flexibility index (Phi) is 8.36. The van der Waals surface area contributed by atoms with Crippen molar-refractivity contribution in [2.45, 2.75) is 42.6 Å². The van der Waals surface area contributed by atoms with E-state index in [1.54, 1.807) is 24.3 Å². The maximum Gasteiger partial charge on any atom is 0.446 e. The smallest absolute Gasteiger partial charge is 0.446 e. The highest BCUT2D eigenvalue weighted by Crippen LogP contribution is 2.36. The van der Waals surface area contributed by atoms with Crippen molar-refractivity contribution in [3.05, 3.63) is 59.7 Å². The molecule has 5 nitrogen and oxygen atoms in total. The first-order valence-corrected chi connectivity index (χ1v) is 9.69. The van der Waals surface area contributed by atoms with Crippen LogP contribution in [0.2, 0.25) is 0 Å². The summed E-state index contributed by atoms with van der Waals surface area (Å²) in [5.74, 6) is 0.320. The first kappa shape index (κ1) is 23.1. The summed E-state index contributed by atoms with van der Waals surface area (Å²) in [5.41, 5.74) is -2.64. The van der Waals surface area contributed by atoms with Gasteiger partial charge < -0.3 is 15.2 Å². The molecule has 0 heterocycles. The third kappa shape index (κ3) is 7.96. The van der Waals surface area contributed by atoms with Gasteiger partial charge in [-0.05, 0) is 54.1 Å². The molecule has 158 valence electrons. The number of hydrogen-bond donors (Lipinski definition) is 3. The molecule has 2 aromatic carbocycles. The number of carbonyl (C=O) groups is 1. The summed E-state index contributed by atoms with van der Waals surface area (Å²) >= 11 is -0.151. The van der Waals surface area contributed by atoms with Crippen molar-refractivity contribution in [3.8, 4) is 5.75 Å². The van der Waals surface area contributed by atoms with Gasteiger partial charge in [-0.2, -0.15) is 13.2 Å². The second-order valence-corrected chi connectivity index (χ2v) is 7.48. The Morgan fingerprint density at radius 2 is 1.69 bits per heavy atom. The molecular formula is C20H23F3N2O3S. The zero-order valence-corrected chi connectivity index (χ0v) is 16.8. The minimum absolute atomic E-state index is 0.130. The molecular weight excluding hydrogens is 405 g/mol. The number of hydrogen-bond acceptors (Lipinski definition) is 5. The molecule has 0 spiro atoms. The number of nitrogens with one attached hydrogen (secondary N) is 2. The topological polar surface area (TPSA) is 70.6 Å². The highest BCUT2D eigenvalue weighted by Gasteiger charge is 2.29. The van der Waals surface area contributed by atoms with Crippen LogP contribution in [-0.2, 0) is 17.9 Å². The third-order valence-electron chi connectivity index (χ3n) is 4.02. The van der Waals surface area contributed by atoms with Crippen LogP contribution in [-0.4, -0.2) is 35.7 Å². The molecule has 0 aromatic heterocycles. The Morgan fingerprint density at radius 3 is 2.21 bits per heavy atom. The zero-order chi connectivity index (χ0) is 21.4. The summed E-state index contributed by atoms with van der Waals surface area (Å²) in [7, 11) is 1.51. The normalized spacial score (nSPS) is 13.6. The van der Waals surface area contributed by atoms with Gasteiger partial charge in [0.25, 0.3) is 0 Å². The van der Waals surface area contributed by atoms with Crippen LogP contribution in [0.15, 0.2) is 53.4 Å². The Balaban J connectivity index is 1.85. The molecule has 0 aliphatic carbocycles. The molecule has 0 fully saturated rings. The maximum absolute atomic E-state index is 12.3. The summed E-state index contributed by atoms with van der Waals surface area (Å²) in [5, 5.41) is 15.2. The number of likely N-dealkylation sites (N-methyl/N-ethyl adjacent to an activating group) is 1. The van der Waals surface area contributed by atoms with Crippen LogP contribution < -0.4 is 15.4 Å². The van der Waals surface area contributed by atoms with Crippen LogP contribution in [0.5, 0.6) is 5.75 Å². The Morgan fingerprint density at radius 1 is 1.10 bits per heavy atom. The van der Waals surface area contributed by atoms with Gasteiger partial charge in [-0.25, -0.2) is 0 Å². The fraction of sp³-hybridized carbons (Fsp3) is 0.350. The quantitative estimate of drug-likeness (QED) is 0.534. The summed E-state index contributed by atoms with van der Waals surface area (Å²) in [6, 6.07) is 12.5. The van der Waals surface area contributed by atoms with Gasteiger partial charge in [0.2, 0.25) is 5.91 Å². The molecule has 0 radical (unpaired) electrons. The standard InChI is InChI=1S/C20H23F3N2O3S/c1-13(26)18(19(27)24-2)25-11-14-3-7-16(8-4-14)28-12-15-5-9-17(10-6-15)29-20(21,22)23/h3-10,13,18,25-26H,11-12H2,1-2H3,(H,24,27). The van der Waals surface area contributed by atoms with Gasteiger partial charge in [0.1, 0.15) is 18.4 Å². The second kappa shape index (κ2) is 10.5. The van der Waals surface area contributed by atoms with E-state index in [1.807, 2.05) is 12.1 Å². The van der Waals surface area contributed by atoms with Crippen molar-refractivity contribution in [1.29, 1.82) is 0 Å². The number of aliphatic hydroxyl groups excluding tert-OH is 1. The van der Waals surface area contributed by atoms with Gasteiger partial charge in [0, 0.05) is 18.5 Å². The molecule has 9 heteroatoms. The fourth-order valence-electron chi connectivity index (χ4n) is 2.52. The number of amides is 1. The van der Waals surface area contributed by atoms with Crippen molar-refractivity contribution in [2.75, 3.05) is 7.05 Å². The average molecular weight is 428 g/mol. The van der Waals surface area contributed by atoms with Gasteiger partial charge >= 0.3 is 5.51 Å². The lowest BCUT2D eigenvalue weighted by atomic mass is 10.1. The van der Waals surface area contributed by atoms with E-state index in [9.17, 15) is 23.1 Å². The van der Waals surface area contributed by atoms with E-state index >= 15 is 0 Å². The van der Waals surface area contributed by atoms with E-state index in [2.05, 4.69) is 10.6 Å². The number of carbonyl (C=O) groups excluding carboxylic acids is 1. The highest BCUT2D eigenvalue weighted by atomic mass is 32.2. The van der Waals surface area contributed by atoms with E-state index in [0.717, 1.165) is 11.1 Å². The van der Waals surface area contributed by atoms with E-state index in [1.165, 1.54) is 26.1 Å². The molecule has 2 rings (SSSR count). The fourth-order valence-corrected chi connectivity index (χ4v) is 3.06. The number of thioether (sulfide) groups is 1. The second-order valence-electron chi connectivity index (χ2n) is 6.34. The van der Waals surface area contributed by atoms with Crippen molar-refractivity contribution in [1.82, 2.24) is 10.6 Å². The van der Waals surface area contributed by atoms with Crippen LogP contribution in [0.1, 0.15) is 18.1 Å². The van der Waals surface area contributed by atoms with E-state index in [4.69, 9.17) is 4.74 Å². The van der Waals surface area contributed by atoms with Crippen molar-refractivity contribution < 1.29 is 27.8 Å². The molecule has 0 aliphatic rings. The minimum Gasteiger partial charge on any atom is -0.489 e. The van der Waals surface area contributed by atoms with Crippen LogP contribution >= 0.6 is 11.8 Å². The minimum atomic E-state index is -4.30. The highest BCUT2D eigenvalue weighted by molar-refractivity contribution is 8.00. The zero-order valence-electron chi connectivity index (χ0n) is 16.0. The van der Waals surface area contributed by atoms with Crippen LogP contribution in [0.25, 0.3) is 0 Å². The lowest BCUT2D eigenvalue weighted by Gasteiger charge is -2.20. The molecule has 0 saturated carbocycles. The molecule has 2 aromatic rings. The predicted molar refractivity (Wildman–Crippen MR) is 106 cm³/mol. The number of rotatable bonds is 9. The molecule has 29 heavy (non-hydrogen) atoms. The molecule has 3 N–H and O–H groups in total. The van der Waals surface area contributed by atoms with E-state index < -0.39 is 17.7 Å². The maximum atomic E-state index is 12.3. The number of benzene rings is 2. The summed E-state index contributed by atoms with van der Waals surface area (Å²) in [4.78, 5) is 11.9. The van der Waals surface area contributed by atoms with Gasteiger partial charge in [-0.3, -0.25) is 10.1 Å². The van der Waals surface area contributed by atoms with Crippen LogP contribution in [0.3, 0.4) is 0 Å². The predicted octanol–water partition coefficient (Wildman–Crippen LogP) is 3.46. The van der Waals surface area contributed by atoms with Crippen molar-refractivity contribution in [2.24, 2.45) is 0 Å². The molecule has 0 saturated heterocycles. The first-order valence-electron chi connectivity index (χ1n) is 8.87. The number of aliphatic hydroxyl groups is 1. The van der Waals surface area contributed by atoms with Gasteiger partial charge in [-0.15, -0.1) is 0 Å². The van der Waals surface area contributed by atoms with E-state index in [-0.39, 0.29) is 29.2 Å². The van der Waals surface area contributed by atoms with Gasteiger partial charge in [-0.1, -0.05) is 24.3 Å². The summed E-state index contributed by atoms with van der Waals surface area (Å²) in [6.07, 6.45) is -0.835. The van der Waals surface area contributed by atoms with E-state index in [0.29, 0.717) is 12.3 Å². The largest absolute Gasteiger partial charge is 0.489 e. The molecule has 2 unspecified atom stereocenters. The Labute approximate surface area is 171 Å². The first-order chi connectivity index (χ1) is 13.7. The van der Waals surface area contributed by atoms with Crippen molar-refractivity contribution >= 4 is 17.7 Å². The molecule has 2 atom stereocenters. The number of ether oxygens (including phenoxy) is 1. The number of halogens is 3. The number of alkyl halides is 3. The third-order valence-corrected chi connectivity index (χ3v) is 4.76. The van der Waals surface area contributed by atoms with Crippen molar-refractivity contribution in [3.63, 3.8) is 0 Å². The lowest BCUT2D eigenvalue weighted by molar-refractivity contribution is -0.125. The SMILES string of the molecule is CNC(=O)C(NCc1ccc(OCc2ccc(SC(F)(F)F)cc2)cc1)C(C)O. The molecule has 0 bridgehead atoms.